The summed E-state index contributed by atoms with van der Waals surface area (Å²) < 4.78 is 24.9. The molecule has 0 aliphatic carbocycles. The molecule has 6 heteroatoms. The van der Waals surface area contributed by atoms with Crippen LogP contribution in [0.4, 0.5) is 4.39 Å². The number of ether oxygens (including phenoxy) is 1. The van der Waals surface area contributed by atoms with E-state index in [2.05, 4.69) is 10.3 Å². The molecule has 5 nitrogen and oxygen atoms in total. The van der Waals surface area contributed by atoms with Gasteiger partial charge in [-0.2, -0.15) is 0 Å². The van der Waals surface area contributed by atoms with Gasteiger partial charge in [-0.3, -0.25) is 9.78 Å². The van der Waals surface area contributed by atoms with Gasteiger partial charge in [0.2, 0.25) is 5.91 Å². The van der Waals surface area contributed by atoms with Gasteiger partial charge in [0.25, 0.3) is 0 Å². The minimum Gasteiger partial charge on any atom is -0.496 e. The molecule has 0 saturated carbocycles. The Morgan fingerprint density at radius 1 is 1.19 bits per heavy atom. The van der Waals surface area contributed by atoms with Gasteiger partial charge in [0.1, 0.15) is 17.1 Å². The molecule has 0 atom stereocenters. The number of amides is 1. The van der Waals surface area contributed by atoms with Crippen molar-refractivity contribution in [3.63, 3.8) is 0 Å². The van der Waals surface area contributed by atoms with Crippen LogP contribution in [-0.4, -0.2) is 18.0 Å². The minimum absolute atomic E-state index is 0.204. The van der Waals surface area contributed by atoms with E-state index in [1.54, 1.807) is 44.0 Å². The lowest BCUT2D eigenvalue weighted by molar-refractivity contribution is -0.116. The van der Waals surface area contributed by atoms with Gasteiger partial charge in [0.05, 0.1) is 13.4 Å². The van der Waals surface area contributed by atoms with Crippen molar-refractivity contribution in [1.82, 2.24) is 10.3 Å². The largest absolute Gasteiger partial charge is 0.496 e. The maximum absolute atomic E-state index is 13.4. The first-order valence-corrected chi connectivity index (χ1v) is 10.2. The number of carbonyl (C=O) groups is 1. The van der Waals surface area contributed by atoms with Crippen molar-refractivity contribution in [2.75, 3.05) is 7.11 Å². The summed E-state index contributed by atoms with van der Waals surface area (Å²) in [6.07, 6.45) is 6.60. The molecule has 2 heterocycles. The summed E-state index contributed by atoms with van der Waals surface area (Å²) in [5.74, 6) is 0.148. The number of hydrogen-bond donors (Lipinski definition) is 1. The van der Waals surface area contributed by atoms with E-state index in [1.807, 2.05) is 32.0 Å². The fourth-order valence-corrected chi connectivity index (χ4v) is 3.74. The Labute approximate surface area is 185 Å². The first-order chi connectivity index (χ1) is 15.5. The van der Waals surface area contributed by atoms with Gasteiger partial charge in [-0.05, 0) is 60.9 Å². The zero-order chi connectivity index (χ0) is 22.7. The Hall–Kier alpha value is -3.93. The van der Waals surface area contributed by atoms with Gasteiger partial charge in [0, 0.05) is 47.1 Å². The van der Waals surface area contributed by atoms with Crippen LogP contribution in [0.2, 0.25) is 0 Å². The number of nitrogens with zero attached hydrogens (tertiary/aromatic N) is 1. The second kappa shape index (κ2) is 9.06. The van der Waals surface area contributed by atoms with Crippen molar-refractivity contribution in [1.29, 1.82) is 0 Å². The fraction of sp³-hybridized carbons (Fsp3) is 0.154. The van der Waals surface area contributed by atoms with E-state index < -0.39 is 0 Å². The molecule has 4 rings (SSSR count). The third kappa shape index (κ3) is 4.25. The fourth-order valence-electron chi connectivity index (χ4n) is 3.74. The van der Waals surface area contributed by atoms with Crippen LogP contribution in [0.25, 0.3) is 27.7 Å². The summed E-state index contributed by atoms with van der Waals surface area (Å²) in [5, 5.41) is 3.76. The zero-order valence-corrected chi connectivity index (χ0v) is 18.1. The Kier molecular flexibility index (Phi) is 6.03. The Morgan fingerprint density at radius 3 is 2.59 bits per heavy atom. The van der Waals surface area contributed by atoms with Gasteiger partial charge >= 0.3 is 0 Å². The molecule has 1 amide bonds. The highest BCUT2D eigenvalue weighted by atomic mass is 19.1. The van der Waals surface area contributed by atoms with Crippen LogP contribution in [0, 0.1) is 12.7 Å². The van der Waals surface area contributed by atoms with Crippen LogP contribution in [0.15, 0.2) is 71.6 Å². The Balaban J connectivity index is 1.70. The van der Waals surface area contributed by atoms with Crippen molar-refractivity contribution in [3.8, 4) is 16.9 Å². The van der Waals surface area contributed by atoms with Gasteiger partial charge in [-0.15, -0.1) is 0 Å². The molecule has 32 heavy (non-hydrogen) atoms. The number of aryl methyl sites for hydroxylation is 1. The smallest absolute Gasteiger partial charge is 0.244 e. The van der Waals surface area contributed by atoms with Crippen LogP contribution >= 0.6 is 0 Å². The third-order valence-electron chi connectivity index (χ3n) is 5.39. The number of hydrogen-bond acceptors (Lipinski definition) is 4. The molecular weight excluding hydrogens is 407 g/mol. The molecule has 1 N–H and O–H groups in total. The highest BCUT2D eigenvalue weighted by Crippen LogP contribution is 2.40. The van der Waals surface area contributed by atoms with Gasteiger partial charge in [-0.25, -0.2) is 4.39 Å². The van der Waals surface area contributed by atoms with Crippen LogP contribution in [0.1, 0.15) is 23.6 Å². The lowest BCUT2D eigenvalue weighted by Crippen LogP contribution is -2.20. The van der Waals surface area contributed by atoms with E-state index in [1.165, 1.54) is 12.1 Å². The maximum atomic E-state index is 13.4. The number of pyridine rings is 1. The van der Waals surface area contributed by atoms with Crippen LogP contribution in [0.3, 0.4) is 0 Å². The molecule has 0 bridgehead atoms. The second-order valence-electron chi connectivity index (χ2n) is 7.52. The second-order valence-corrected chi connectivity index (χ2v) is 7.52. The van der Waals surface area contributed by atoms with E-state index in [0.717, 1.165) is 38.8 Å². The molecule has 2 aromatic carbocycles. The molecule has 0 saturated heterocycles. The lowest BCUT2D eigenvalue weighted by Gasteiger charge is -2.13. The molecule has 0 aliphatic heterocycles. The van der Waals surface area contributed by atoms with Gasteiger partial charge in [0.15, 0.2) is 0 Å². The number of benzene rings is 2. The average Bonchev–Trinajstić information content (AvgIpc) is 3.23. The van der Waals surface area contributed by atoms with Gasteiger partial charge < -0.3 is 14.5 Å². The number of nitrogens with one attached hydrogen (secondary N) is 1. The first-order valence-electron chi connectivity index (χ1n) is 10.2. The van der Waals surface area contributed by atoms with Gasteiger partial charge in [-0.1, -0.05) is 12.1 Å². The highest BCUT2D eigenvalue weighted by Gasteiger charge is 2.18. The number of halogens is 1. The van der Waals surface area contributed by atoms with Crippen molar-refractivity contribution in [2.45, 2.75) is 20.4 Å². The predicted octanol–water partition coefficient (Wildman–Crippen LogP) is 5.67. The molecule has 0 aliphatic rings. The average molecular weight is 430 g/mol. The number of allylic oxidation sites excluding steroid dienone is 1. The summed E-state index contributed by atoms with van der Waals surface area (Å²) >= 11 is 0. The third-order valence-corrected chi connectivity index (χ3v) is 5.39. The normalized spacial score (nSPS) is 11.6. The summed E-state index contributed by atoms with van der Waals surface area (Å²) in [7, 11) is 1.60. The molecule has 0 spiro atoms. The predicted molar refractivity (Wildman–Crippen MR) is 123 cm³/mol. The molecule has 2 aromatic heterocycles. The molecule has 0 radical (unpaired) electrons. The van der Waals surface area contributed by atoms with Crippen LogP contribution in [-0.2, 0) is 11.3 Å². The summed E-state index contributed by atoms with van der Waals surface area (Å²) in [4.78, 5) is 16.5. The Morgan fingerprint density at radius 2 is 1.91 bits per heavy atom. The maximum Gasteiger partial charge on any atom is 0.244 e. The highest BCUT2D eigenvalue weighted by molar-refractivity contribution is 6.01. The monoisotopic (exact) mass is 430 g/mol. The van der Waals surface area contributed by atoms with Crippen molar-refractivity contribution in [2.24, 2.45) is 0 Å². The topological polar surface area (TPSA) is 64.4 Å². The van der Waals surface area contributed by atoms with E-state index in [0.29, 0.717) is 17.9 Å². The molecule has 0 fully saturated rings. The van der Waals surface area contributed by atoms with E-state index in [-0.39, 0.29) is 11.7 Å². The standard InChI is InChI=1S/C26H23FN2O3/c1-16(12-24(30)29-14-18-8-10-28-11-9-18)21-13-22-23(19-4-6-20(27)7-5-19)15-32-26(22)17(2)25(21)31-3/h4-13,15H,14H2,1-3H3,(H,29,30)/b16-12+. The molecule has 0 unspecified atom stereocenters. The van der Waals surface area contributed by atoms with Crippen molar-refractivity contribution < 1.29 is 18.3 Å². The number of carbonyl (C=O) groups excluding carboxylic acids is 1. The first kappa shape index (κ1) is 21.3. The molecular formula is C26H23FN2O3. The van der Waals surface area contributed by atoms with Crippen LogP contribution in [0.5, 0.6) is 5.75 Å². The van der Waals surface area contributed by atoms with Crippen molar-refractivity contribution >= 4 is 22.4 Å². The number of methoxy groups -OCH3 is 1. The quantitative estimate of drug-likeness (QED) is 0.400. The number of furan rings is 1. The molecule has 4 aromatic rings. The Bertz CT molecular complexity index is 1290. The lowest BCUT2D eigenvalue weighted by atomic mass is 9.96. The van der Waals surface area contributed by atoms with E-state index in [4.69, 9.17) is 9.15 Å². The SMILES string of the molecule is COc1c(/C(C)=C/C(=O)NCc2ccncc2)cc2c(-c3ccc(F)cc3)coc2c1C. The van der Waals surface area contributed by atoms with E-state index in [9.17, 15) is 9.18 Å². The summed E-state index contributed by atoms with van der Waals surface area (Å²) in [6.45, 7) is 4.20. The molecule has 162 valence electrons. The number of aromatic nitrogens is 1. The zero-order valence-electron chi connectivity index (χ0n) is 18.1. The number of fused-ring (bicyclic) bond motifs is 1. The summed E-state index contributed by atoms with van der Waals surface area (Å²) in [5.41, 5.74) is 5.74. The van der Waals surface area contributed by atoms with E-state index >= 15 is 0 Å². The summed E-state index contributed by atoms with van der Waals surface area (Å²) in [6, 6.07) is 11.9. The number of rotatable bonds is 6. The van der Waals surface area contributed by atoms with Crippen LogP contribution < -0.4 is 10.1 Å². The minimum atomic E-state index is -0.295. The van der Waals surface area contributed by atoms with Crippen molar-refractivity contribution in [3.05, 3.63) is 89.7 Å².